The second-order valence-corrected chi connectivity index (χ2v) is 11.7. The molecule has 2 N–H and O–H groups in total. The Morgan fingerprint density at radius 2 is 2.03 bits per heavy atom. The lowest BCUT2D eigenvalue weighted by Gasteiger charge is -2.37. The topological polar surface area (TPSA) is 118 Å². The molecule has 3 aromatic rings. The number of hydrogen-bond acceptors (Lipinski definition) is 9. The first-order valence-corrected chi connectivity index (χ1v) is 13.5. The van der Waals surface area contributed by atoms with Crippen molar-refractivity contribution in [3.8, 4) is 11.5 Å². The number of amides is 1. The van der Waals surface area contributed by atoms with Gasteiger partial charge in [-0.2, -0.15) is 0 Å². The van der Waals surface area contributed by atoms with E-state index in [1.807, 2.05) is 37.8 Å². The van der Waals surface area contributed by atoms with Crippen LogP contribution < -0.4 is 15.2 Å². The van der Waals surface area contributed by atoms with Crippen molar-refractivity contribution in [3.05, 3.63) is 22.9 Å². The van der Waals surface area contributed by atoms with Gasteiger partial charge in [-0.05, 0) is 74.5 Å². The summed E-state index contributed by atoms with van der Waals surface area (Å²) in [5.41, 5.74) is 6.84. The highest BCUT2D eigenvalue weighted by atomic mass is 79.9. The van der Waals surface area contributed by atoms with Crippen LogP contribution in [0.5, 0.6) is 11.5 Å². The summed E-state index contributed by atoms with van der Waals surface area (Å²) in [6, 6.07) is 3.90. The number of nitrogens with two attached hydrogens (primary N) is 1. The number of rotatable bonds is 5. The zero-order valence-electron chi connectivity index (χ0n) is 20.5. The first-order valence-electron chi connectivity index (χ1n) is 11.9. The third-order valence-corrected chi connectivity index (χ3v) is 8.07. The van der Waals surface area contributed by atoms with Crippen LogP contribution in [0.1, 0.15) is 46.5 Å². The molecule has 192 valence electrons. The minimum Gasteiger partial charge on any atom is -0.454 e. The molecule has 12 heteroatoms. The van der Waals surface area contributed by atoms with E-state index in [0.29, 0.717) is 41.6 Å². The third kappa shape index (κ3) is 5.19. The molecule has 0 spiro atoms. The summed E-state index contributed by atoms with van der Waals surface area (Å²) in [4.78, 5) is 29.1. The minimum atomic E-state index is -0.532. The summed E-state index contributed by atoms with van der Waals surface area (Å²) < 4.78 is 19.6. The summed E-state index contributed by atoms with van der Waals surface area (Å²) in [5, 5.41) is 0.733. The molecule has 10 nitrogen and oxygen atoms in total. The van der Waals surface area contributed by atoms with Gasteiger partial charge in [0, 0.05) is 28.5 Å². The molecule has 2 aromatic heterocycles. The lowest BCUT2D eigenvalue weighted by molar-refractivity contribution is 0.00835. The molecular formula is C24H29BrN6O4S. The Morgan fingerprint density at radius 3 is 2.81 bits per heavy atom. The molecule has 4 heterocycles. The van der Waals surface area contributed by atoms with Crippen LogP contribution in [-0.4, -0.2) is 55.5 Å². The number of hydrogen-bond donors (Lipinski definition) is 1. The van der Waals surface area contributed by atoms with E-state index in [-0.39, 0.29) is 18.9 Å². The molecule has 0 aliphatic carbocycles. The van der Waals surface area contributed by atoms with Crippen molar-refractivity contribution in [2.75, 3.05) is 19.1 Å². The molecule has 0 unspecified atom stereocenters. The van der Waals surface area contributed by atoms with Gasteiger partial charge < -0.3 is 29.4 Å². The number of carbonyl (C=O) groups is 1. The van der Waals surface area contributed by atoms with E-state index < -0.39 is 5.60 Å². The number of anilines is 1. The van der Waals surface area contributed by atoms with E-state index in [4.69, 9.17) is 24.9 Å². The fourth-order valence-corrected chi connectivity index (χ4v) is 5.94. The summed E-state index contributed by atoms with van der Waals surface area (Å²) >= 11 is 5.12. The Hall–Kier alpha value is -2.73. The third-order valence-electron chi connectivity index (χ3n) is 6.09. The summed E-state index contributed by atoms with van der Waals surface area (Å²) in [6.07, 6.45) is 4.92. The van der Waals surface area contributed by atoms with Crippen molar-refractivity contribution in [1.29, 1.82) is 0 Å². The van der Waals surface area contributed by atoms with Crippen LogP contribution in [0.15, 0.2) is 33.0 Å². The van der Waals surface area contributed by atoms with E-state index in [1.54, 1.807) is 0 Å². The number of aromatic nitrogens is 4. The minimum absolute atomic E-state index is 0.0698. The smallest absolute Gasteiger partial charge is 0.410 e. The number of piperidine rings is 1. The number of halogens is 1. The van der Waals surface area contributed by atoms with E-state index in [2.05, 4.69) is 30.5 Å². The quantitative estimate of drug-likeness (QED) is 0.435. The standard InChI is InChI=1S/C24H29BrN6O4S/c1-24(2,3)35-23(32)30-8-5-4-6-14(30)7-9-31-21-19(20(26)27-12-28-21)29-22(31)36-18-11-17-16(10-15(18)25)33-13-34-17/h10-12,14H,4-9,13H2,1-3H3,(H2,26,27,28)/t14-/m1/s1. The number of carbonyl (C=O) groups excluding carboxylic acids is 1. The van der Waals surface area contributed by atoms with Gasteiger partial charge in [-0.15, -0.1) is 0 Å². The summed E-state index contributed by atoms with van der Waals surface area (Å²) in [5.74, 6) is 1.73. The molecule has 1 aromatic carbocycles. The lowest BCUT2D eigenvalue weighted by Crippen LogP contribution is -2.46. The van der Waals surface area contributed by atoms with Crippen molar-refractivity contribution >= 4 is 50.8 Å². The molecule has 1 atom stereocenters. The fourth-order valence-electron chi connectivity index (χ4n) is 4.43. The molecule has 2 aliphatic heterocycles. The highest BCUT2D eigenvalue weighted by molar-refractivity contribution is 9.10. The van der Waals surface area contributed by atoms with Crippen LogP contribution in [-0.2, 0) is 11.3 Å². The number of ether oxygens (including phenoxy) is 3. The van der Waals surface area contributed by atoms with Gasteiger partial charge >= 0.3 is 6.09 Å². The van der Waals surface area contributed by atoms with Gasteiger partial charge in [0.15, 0.2) is 33.6 Å². The number of nitrogen functional groups attached to an aromatic ring is 1. The van der Waals surface area contributed by atoms with Crippen LogP contribution in [0.25, 0.3) is 11.2 Å². The highest BCUT2D eigenvalue weighted by Gasteiger charge is 2.31. The Balaban J connectivity index is 1.42. The van der Waals surface area contributed by atoms with Crippen LogP contribution in [0.3, 0.4) is 0 Å². The van der Waals surface area contributed by atoms with Gasteiger partial charge in [-0.3, -0.25) is 0 Å². The average Bonchev–Trinajstić information content (AvgIpc) is 3.41. The second kappa shape index (κ2) is 9.97. The van der Waals surface area contributed by atoms with Crippen molar-refractivity contribution in [3.63, 3.8) is 0 Å². The first kappa shape index (κ1) is 24.9. The maximum absolute atomic E-state index is 12.9. The molecule has 5 rings (SSSR count). The summed E-state index contributed by atoms with van der Waals surface area (Å²) in [6.45, 7) is 7.19. The van der Waals surface area contributed by atoms with Gasteiger partial charge in [0.05, 0.1) is 0 Å². The number of benzene rings is 1. The van der Waals surface area contributed by atoms with Crippen molar-refractivity contribution in [2.45, 2.75) is 74.7 Å². The number of fused-ring (bicyclic) bond motifs is 2. The molecule has 36 heavy (non-hydrogen) atoms. The predicted molar refractivity (Wildman–Crippen MR) is 139 cm³/mol. The van der Waals surface area contributed by atoms with Crippen molar-refractivity contribution < 1.29 is 19.0 Å². The molecule has 0 bridgehead atoms. The van der Waals surface area contributed by atoms with Gasteiger partial charge in [-0.1, -0.05) is 11.8 Å². The lowest BCUT2D eigenvalue weighted by atomic mass is 10.00. The Bertz CT molecular complexity index is 1290. The van der Waals surface area contributed by atoms with Crippen molar-refractivity contribution in [2.24, 2.45) is 0 Å². The van der Waals surface area contributed by atoms with Gasteiger partial charge in [-0.25, -0.2) is 19.7 Å². The van der Waals surface area contributed by atoms with E-state index in [1.165, 1.54) is 18.1 Å². The zero-order valence-corrected chi connectivity index (χ0v) is 22.9. The summed E-state index contributed by atoms with van der Waals surface area (Å²) in [7, 11) is 0. The van der Waals surface area contributed by atoms with Gasteiger partial charge in [0.25, 0.3) is 0 Å². The van der Waals surface area contributed by atoms with E-state index >= 15 is 0 Å². The number of nitrogens with zero attached hydrogens (tertiary/aromatic N) is 5. The van der Waals surface area contributed by atoms with Crippen LogP contribution in [0.4, 0.5) is 10.6 Å². The van der Waals surface area contributed by atoms with Gasteiger partial charge in [0.1, 0.15) is 11.9 Å². The first-order chi connectivity index (χ1) is 17.2. The molecule has 1 amide bonds. The fraction of sp³-hybridized carbons (Fsp3) is 0.500. The maximum atomic E-state index is 12.9. The predicted octanol–water partition coefficient (Wildman–Crippen LogP) is 5.23. The van der Waals surface area contributed by atoms with Crippen molar-refractivity contribution in [1.82, 2.24) is 24.4 Å². The molecular weight excluding hydrogens is 548 g/mol. The normalized spacial score (nSPS) is 17.6. The largest absolute Gasteiger partial charge is 0.454 e. The Labute approximate surface area is 222 Å². The number of aryl methyl sites for hydroxylation is 1. The van der Waals surface area contributed by atoms with Crippen LogP contribution in [0, 0.1) is 0 Å². The van der Waals surface area contributed by atoms with E-state index in [9.17, 15) is 4.79 Å². The SMILES string of the molecule is CC(C)(C)OC(=O)N1CCCC[C@@H]1CCn1c(Sc2cc3c(cc2Br)OCO3)nc2c(N)ncnc21. The maximum Gasteiger partial charge on any atom is 0.410 e. The molecule has 0 saturated carbocycles. The average molecular weight is 578 g/mol. The molecule has 1 saturated heterocycles. The molecule has 0 radical (unpaired) electrons. The van der Waals surface area contributed by atoms with Gasteiger partial charge in [0.2, 0.25) is 6.79 Å². The van der Waals surface area contributed by atoms with E-state index in [0.717, 1.165) is 40.2 Å². The monoisotopic (exact) mass is 576 g/mol. The molecule has 2 aliphatic rings. The molecule has 1 fully saturated rings. The number of likely N-dealkylation sites (tertiary alicyclic amines) is 1. The second-order valence-electron chi connectivity index (χ2n) is 9.83. The number of imidazole rings is 1. The zero-order chi connectivity index (χ0) is 25.4. The van der Waals surface area contributed by atoms with Crippen LogP contribution >= 0.6 is 27.7 Å². The Kier molecular flexibility index (Phi) is 6.90. The Morgan fingerprint density at radius 1 is 1.25 bits per heavy atom. The highest BCUT2D eigenvalue weighted by Crippen LogP contribution is 2.43. The van der Waals surface area contributed by atoms with Crippen LogP contribution in [0.2, 0.25) is 0 Å².